The Hall–Kier alpha value is -3.35. The van der Waals surface area contributed by atoms with Crippen LogP contribution in [0, 0.1) is 11.6 Å². The number of rotatable bonds is 5. The quantitative estimate of drug-likeness (QED) is 0.674. The third-order valence-corrected chi connectivity index (χ3v) is 3.93. The molecule has 0 unspecified atom stereocenters. The number of halogens is 2. The fourth-order valence-electron chi connectivity index (χ4n) is 2.43. The molecule has 0 radical (unpaired) electrons. The highest BCUT2D eigenvalue weighted by atomic mass is 19.1. The lowest BCUT2D eigenvalue weighted by Gasteiger charge is -2.10. The standard InChI is InChI=1S/C20H18F2N4O/c1-12(2)13-3-6-15(7-4-13)25-19-10-18(23-11-24-19)20(27)26-17-8-5-14(21)9-16(17)22/h3-12H,1-2H3,(H,26,27)(H,23,24,25). The fourth-order valence-corrected chi connectivity index (χ4v) is 2.43. The molecule has 0 aliphatic carbocycles. The van der Waals surface area contributed by atoms with Crippen molar-refractivity contribution in [1.29, 1.82) is 0 Å². The monoisotopic (exact) mass is 368 g/mol. The number of amides is 1. The van der Waals surface area contributed by atoms with Crippen LogP contribution in [0.15, 0.2) is 54.9 Å². The van der Waals surface area contributed by atoms with Gasteiger partial charge in [0.15, 0.2) is 0 Å². The number of hydrogen-bond acceptors (Lipinski definition) is 4. The molecule has 0 bridgehead atoms. The van der Waals surface area contributed by atoms with E-state index in [1.54, 1.807) is 0 Å². The Balaban J connectivity index is 1.73. The zero-order chi connectivity index (χ0) is 19.4. The Kier molecular flexibility index (Phi) is 5.40. The Morgan fingerprint density at radius 2 is 1.74 bits per heavy atom. The average Bonchev–Trinajstić information content (AvgIpc) is 2.64. The predicted octanol–water partition coefficient (Wildman–Crippen LogP) is 4.87. The maximum atomic E-state index is 13.7. The minimum absolute atomic E-state index is 0.0509. The molecule has 3 rings (SSSR count). The molecule has 7 heteroatoms. The summed E-state index contributed by atoms with van der Waals surface area (Å²) in [7, 11) is 0. The van der Waals surface area contributed by atoms with Crippen molar-refractivity contribution in [3.8, 4) is 0 Å². The smallest absolute Gasteiger partial charge is 0.274 e. The number of aromatic nitrogens is 2. The molecule has 2 aromatic carbocycles. The predicted molar refractivity (Wildman–Crippen MR) is 100 cm³/mol. The van der Waals surface area contributed by atoms with Crippen LogP contribution in [-0.4, -0.2) is 15.9 Å². The number of carbonyl (C=O) groups excluding carboxylic acids is 1. The van der Waals surface area contributed by atoms with Crippen LogP contribution >= 0.6 is 0 Å². The van der Waals surface area contributed by atoms with Crippen LogP contribution in [0.3, 0.4) is 0 Å². The van der Waals surface area contributed by atoms with Gasteiger partial charge in [-0.05, 0) is 35.7 Å². The molecular weight excluding hydrogens is 350 g/mol. The molecule has 2 N–H and O–H groups in total. The molecule has 138 valence electrons. The summed E-state index contributed by atoms with van der Waals surface area (Å²) in [5, 5.41) is 5.46. The molecule has 0 spiro atoms. The average molecular weight is 368 g/mol. The fraction of sp³-hybridized carbons (Fsp3) is 0.150. The van der Waals surface area contributed by atoms with E-state index in [0.717, 1.165) is 17.8 Å². The molecule has 0 aliphatic rings. The molecule has 0 aliphatic heterocycles. The first-order chi connectivity index (χ1) is 12.9. The second-order valence-corrected chi connectivity index (χ2v) is 6.27. The summed E-state index contributed by atoms with van der Waals surface area (Å²) in [4.78, 5) is 20.3. The molecule has 1 heterocycles. The van der Waals surface area contributed by atoms with E-state index in [2.05, 4.69) is 34.4 Å². The van der Waals surface area contributed by atoms with Gasteiger partial charge in [-0.1, -0.05) is 26.0 Å². The summed E-state index contributed by atoms with van der Waals surface area (Å²) >= 11 is 0. The molecule has 27 heavy (non-hydrogen) atoms. The van der Waals surface area contributed by atoms with Crippen molar-refractivity contribution >= 4 is 23.1 Å². The largest absolute Gasteiger partial charge is 0.340 e. The van der Waals surface area contributed by atoms with Gasteiger partial charge in [-0.15, -0.1) is 0 Å². The lowest BCUT2D eigenvalue weighted by atomic mass is 10.0. The molecule has 1 aromatic heterocycles. The highest BCUT2D eigenvalue weighted by molar-refractivity contribution is 6.03. The number of carbonyl (C=O) groups is 1. The molecular formula is C20H18F2N4O. The second kappa shape index (κ2) is 7.90. The van der Waals surface area contributed by atoms with Crippen LogP contribution in [0.4, 0.5) is 26.0 Å². The second-order valence-electron chi connectivity index (χ2n) is 6.27. The van der Waals surface area contributed by atoms with Crippen LogP contribution in [0.25, 0.3) is 0 Å². The van der Waals surface area contributed by atoms with Crippen molar-refractivity contribution < 1.29 is 13.6 Å². The molecule has 5 nitrogen and oxygen atoms in total. The highest BCUT2D eigenvalue weighted by Gasteiger charge is 2.12. The molecule has 3 aromatic rings. The number of anilines is 3. The van der Waals surface area contributed by atoms with E-state index < -0.39 is 17.5 Å². The third kappa shape index (κ3) is 4.63. The van der Waals surface area contributed by atoms with E-state index >= 15 is 0 Å². The molecule has 0 fully saturated rings. The molecule has 1 amide bonds. The van der Waals surface area contributed by atoms with Crippen LogP contribution in [0.1, 0.15) is 35.8 Å². The van der Waals surface area contributed by atoms with Crippen LogP contribution in [0.5, 0.6) is 0 Å². The number of benzene rings is 2. The van der Waals surface area contributed by atoms with Crippen molar-refractivity contribution in [2.24, 2.45) is 0 Å². The zero-order valence-corrected chi connectivity index (χ0v) is 14.8. The van der Waals surface area contributed by atoms with E-state index in [4.69, 9.17) is 0 Å². The van der Waals surface area contributed by atoms with Crippen LogP contribution < -0.4 is 10.6 Å². The Morgan fingerprint density at radius 1 is 1.00 bits per heavy atom. The van der Waals surface area contributed by atoms with Gasteiger partial charge in [0, 0.05) is 17.8 Å². The van der Waals surface area contributed by atoms with Gasteiger partial charge in [0.2, 0.25) is 0 Å². The van der Waals surface area contributed by atoms with Gasteiger partial charge in [0.1, 0.15) is 29.5 Å². The van der Waals surface area contributed by atoms with Crippen molar-refractivity contribution in [2.45, 2.75) is 19.8 Å². The van der Waals surface area contributed by atoms with E-state index in [1.165, 1.54) is 18.0 Å². The summed E-state index contributed by atoms with van der Waals surface area (Å²) in [6.45, 7) is 4.23. The zero-order valence-electron chi connectivity index (χ0n) is 14.8. The first-order valence-electron chi connectivity index (χ1n) is 8.38. The maximum absolute atomic E-state index is 13.7. The van der Waals surface area contributed by atoms with Gasteiger partial charge in [-0.25, -0.2) is 18.7 Å². The minimum Gasteiger partial charge on any atom is -0.340 e. The Labute approximate surface area is 155 Å². The Bertz CT molecular complexity index is 958. The Morgan fingerprint density at radius 3 is 2.41 bits per heavy atom. The van der Waals surface area contributed by atoms with Crippen LogP contribution in [-0.2, 0) is 0 Å². The van der Waals surface area contributed by atoms with E-state index in [0.29, 0.717) is 17.8 Å². The lowest BCUT2D eigenvalue weighted by Crippen LogP contribution is -2.15. The van der Waals surface area contributed by atoms with E-state index in [1.807, 2.05) is 24.3 Å². The van der Waals surface area contributed by atoms with Crippen molar-refractivity contribution in [1.82, 2.24) is 9.97 Å². The van der Waals surface area contributed by atoms with Crippen molar-refractivity contribution in [3.63, 3.8) is 0 Å². The van der Waals surface area contributed by atoms with Gasteiger partial charge < -0.3 is 10.6 Å². The number of nitrogens with zero attached hydrogens (tertiary/aromatic N) is 2. The van der Waals surface area contributed by atoms with E-state index in [-0.39, 0.29) is 11.4 Å². The number of hydrogen-bond donors (Lipinski definition) is 2. The highest BCUT2D eigenvalue weighted by Crippen LogP contribution is 2.20. The van der Waals surface area contributed by atoms with Crippen molar-refractivity contribution in [3.05, 3.63) is 77.8 Å². The molecule has 0 saturated heterocycles. The minimum atomic E-state index is -0.860. The summed E-state index contributed by atoms with van der Waals surface area (Å²) in [6, 6.07) is 12.2. The van der Waals surface area contributed by atoms with E-state index in [9.17, 15) is 13.6 Å². The van der Waals surface area contributed by atoms with Gasteiger partial charge in [0.25, 0.3) is 5.91 Å². The first-order valence-corrected chi connectivity index (χ1v) is 8.38. The number of nitrogens with one attached hydrogen (secondary N) is 2. The normalized spacial score (nSPS) is 10.7. The summed E-state index contributed by atoms with van der Waals surface area (Å²) in [5.41, 5.74) is 1.95. The molecule has 0 atom stereocenters. The van der Waals surface area contributed by atoms with Crippen molar-refractivity contribution in [2.75, 3.05) is 10.6 Å². The van der Waals surface area contributed by atoms with Crippen LogP contribution in [0.2, 0.25) is 0 Å². The van der Waals surface area contributed by atoms with Gasteiger partial charge >= 0.3 is 0 Å². The lowest BCUT2D eigenvalue weighted by molar-refractivity contribution is 0.102. The first kappa shape index (κ1) is 18.4. The van der Waals surface area contributed by atoms with Gasteiger partial charge in [0.05, 0.1) is 5.69 Å². The van der Waals surface area contributed by atoms with Gasteiger partial charge in [-0.3, -0.25) is 4.79 Å². The molecule has 0 saturated carbocycles. The van der Waals surface area contributed by atoms with Gasteiger partial charge in [-0.2, -0.15) is 0 Å². The summed E-state index contributed by atoms with van der Waals surface area (Å²) in [5.74, 6) is -1.35. The topological polar surface area (TPSA) is 66.9 Å². The summed E-state index contributed by atoms with van der Waals surface area (Å²) < 4.78 is 26.6. The summed E-state index contributed by atoms with van der Waals surface area (Å²) in [6.07, 6.45) is 1.24. The third-order valence-electron chi connectivity index (χ3n) is 3.93. The maximum Gasteiger partial charge on any atom is 0.274 e. The SMILES string of the molecule is CC(C)c1ccc(Nc2cc(C(=O)Nc3ccc(F)cc3F)ncn2)cc1.